The lowest BCUT2D eigenvalue weighted by atomic mass is 9.97. The van der Waals surface area contributed by atoms with E-state index in [2.05, 4.69) is 21.6 Å². The van der Waals surface area contributed by atoms with E-state index in [4.69, 9.17) is 4.98 Å². The van der Waals surface area contributed by atoms with Gasteiger partial charge >= 0.3 is 0 Å². The molecule has 0 spiro atoms. The maximum atomic E-state index is 13.5. The predicted molar refractivity (Wildman–Crippen MR) is 118 cm³/mol. The zero-order valence-electron chi connectivity index (χ0n) is 16.5. The maximum absolute atomic E-state index is 13.5. The molecule has 0 atom stereocenters. The monoisotopic (exact) mass is 454 g/mol. The number of piperidine rings is 1. The Kier molecular flexibility index (Phi) is 5.65. The number of thiazole rings is 1. The molecule has 4 aromatic rings. The number of benzene rings is 2. The van der Waals surface area contributed by atoms with E-state index in [1.165, 1.54) is 33.3 Å². The van der Waals surface area contributed by atoms with Gasteiger partial charge in [0.15, 0.2) is 0 Å². The summed E-state index contributed by atoms with van der Waals surface area (Å²) in [6, 6.07) is 14.2. The first-order chi connectivity index (χ1) is 15.2. The quantitative estimate of drug-likeness (QED) is 0.426. The number of hydrogen-bond donors (Lipinski definition) is 0. The van der Waals surface area contributed by atoms with Gasteiger partial charge in [-0.3, -0.25) is 4.79 Å². The van der Waals surface area contributed by atoms with E-state index in [1.54, 1.807) is 23.5 Å². The first kappa shape index (κ1) is 20.1. The average Bonchev–Trinajstić information content (AvgIpc) is 3.44. The first-order valence-corrected chi connectivity index (χ1v) is 11.8. The van der Waals surface area contributed by atoms with Crippen molar-refractivity contribution in [1.82, 2.24) is 30.1 Å². The van der Waals surface area contributed by atoms with Crippen LogP contribution in [-0.2, 0) is 4.79 Å². The summed E-state index contributed by atoms with van der Waals surface area (Å²) in [6.45, 7) is 1.43. The van der Waals surface area contributed by atoms with Crippen LogP contribution in [0.25, 0.3) is 15.9 Å². The lowest BCUT2D eigenvalue weighted by molar-refractivity contribution is -0.129. The minimum Gasteiger partial charge on any atom is -0.342 e. The number of halogens is 1. The summed E-state index contributed by atoms with van der Waals surface area (Å²) in [6.07, 6.45) is 1.83. The molecule has 2 aromatic heterocycles. The molecule has 1 fully saturated rings. The molecule has 0 bridgehead atoms. The number of hydrogen-bond acceptors (Lipinski definition) is 7. The number of rotatable bonds is 5. The molecule has 31 heavy (non-hydrogen) atoms. The predicted octanol–water partition coefficient (Wildman–Crippen LogP) is 3.91. The number of amides is 1. The van der Waals surface area contributed by atoms with Crippen LogP contribution in [-0.4, -0.2) is 54.8 Å². The number of fused-ring (bicyclic) bond motifs is 1. The van der Waals surface area contributed by atoms with Gasteiger partial charge in [-0.2, -0.15) is 4.68 Å². The molecule has 1 aliphatic rings. The van der Waals surface area contributed by atoms with Crippen molar-refractivity contribution in [2.45, 2.75) is 23.9 Å². The van der Waals surface area contributed by atoms with Gasteiger partial charge in [0.2, 0.25) is 11.1 Å². The molecule has 3 heterocycles. The molecular formula is C21H19FN6OS2. The number of tetrazole rings is 1. The number of nitrogens with zero attached hydrogens (tertiary/aromatic N) is 6. The lowest BCUT2D eigenvalue weighted by Gasteiger charge is -2.31. The maximum Gasteiger partial charge on any atom is 0.233 e. The highest BCUT2D eigenvalue weighted by atomic mass is 32.2. The second-order valence-electron chi connectivity index (χ2n) is 7.32. The highest BCUT2D eigenvalue weighted by Crippen LogP contribution is 2.34. The summed E-state index contributed by atoms with van der Waals surface area (Å²) in [5.74, 6) is 0.327. The van der Waals surface area contributed by atoms with Crippen molar-refractivity contribution >= 4 is 39.2 Å². The largest absolute Gasteiger partial charge is 0.342 e. The van der Waals surface area contributed by atoms with E-state index in [1.807, 2.05) is 23.1 Å². The Hall–Kier alpha value is -2.85. The number of carbonyl (C=O) groups excluding carboxylic acids is 1. The number of thioether (sulfide) groups is 1. The molecule has 0 unspecified atom stereocenters. The molecule has 10 heteroatoms. The van der Waals surface area contributed by atoms with Crippen LogP contribution >= 0.6 is 23.1 Å². The van der Waals surface area contributed by atoms with Crippen LogP contribution in [0.1, 0.15) is 23.8 Å². The zero-order chi connectivity index (χ0) is 21.2. The van der Waals surface area contributed by atoms with E-state index in [0.29, 0.717) is 16.8 Å². The average molecular weight is 455 g/mol. The SMILES string of the molecule is O=C(CSc1nnnn1-c1cccc(F)c1)N1CCC(c2nc3ccccc3s2)CC1. The van der Waals surface area contributed by atoms with Crippen LogP contribution in [0.15, 0.2) is 53.7 Å². The molecule has 5 rings (SSSR count). The smallest absolute Gasteiger partial charge is 0.233 e. The molecule has 0 aliphatic carbocycles. The fourth-order valence-electron chi connectivity index (χ4n) is 3.70. The second kappa shape index (κ2) is 8.72. The Labute approximate surface area is 186 Å². The Morgan fingerprint density at radius 2 is 2.00 bits per heavy atom. The van der Waals surface area contributed by atoms with Crippen LogP contribution in [0.5, 0.6) is 0 Å². The normalized spacial score (nSPS) is 14.9. The van der Waals surface area contributed by atoms with Crippen LogP contribution in [0, 0.1) is 5.82 Å². The highest BCUT2D eigenvalue weighted by molar-refractivity contribution is 7.99. The van der Waals surface area contributed by atoms with E-state index in [0.717, 1.165) is 36.5 Å². The fourth-order valence-corrected chi connectivity index (χ4v) is 5.63. The Morgan fingerprint density at radius 3 is 2.81 bits per heavy atom. The van der Waals surface area contributed by atoms with Crippen molar-refractivity contribution in [3.8, 4) is 5.69 Å². The summed E-state index contributed by atoms with van der Waals surface area (Å²) in [7, 11) is 0. The van der Waals surface area contributed by atoms with Gasteiger partial charge < -0.3 is 4.90 Å². The molecule has 1 aliphatic heterocycles. The van der Waals surface area contributed by atoms with E-state index < -0.39 is 0 Å². The third-order valence-corrected chi connectivity index (χ3v) is 7.43. The third kappa shape index (κ3) is 4.31. The van der Waals surface area contributed by atoms with Crippen LogP contribution < -0.4 is 0 Å². The van der Waals surface area contributed by atoms with Crippen LogP contribution in [0.3, 0.4) is 0 Å². The molecule has 0 saturated carbocycles. The Morgan fingerprint density at radius 1 is 1.16 bits per heavy atom. The fraction of sp³-hybridized carbons (Fsp3) is 0.286. The number of para-hydroxylation sites is 1. The molecule has 2 aromatic carbocycles. The molecular weight excluding hydrogens is 435 g/mol. The molecule has 1 saturated heterocycles. The van der Waals surface area contributed by atoms with Crippen molar-refractivity contribution in [1.29, 1.82) is 0 Å². The van der Waals surface area contributed by atoms with Gasteiger partial charge in [-0.15, -0.1) is 16.4 Å². The van der Waals surface area contributed by atoms with Gasteiger partial charge in [-0.05, 0) is 53.6 Å². The topological polar surface area (TPSA) is 76.8 Å². The van der Waals surface area contributed by atoms with Gasteiger partial charge in [0.25, 0.3) is 0 Å². The van der Waals surface area contributed by atoms with E-state index in [-0.39, 0.29) is 17.5 Å². The van der Waals surface area contributed by atoms with Gasteiger partial charge in [0, 0.05) is 19.0 Å². The standard InChI is InChI=1S/C21H19FN6OS2/c22-15-4-3-5-16(12-15)28-21(24-25-26-28)30-13-19(29)27-10-8-14(9-11-27)20-23-17-6-1-2-7-18(17)31-20/h1-7,12,14H,8-11,13H2. The van der Waals surface area contributed by atoms with E-state index in [9.17, 15) is 9.18 Å². The number of carbonyl (C=O) groups is 1. The van der Waals surface area contributed by atoms with Crippen molar-refractivity contribution in [3.63, 3.8) is 0 Å². The summed E-state index contributed by atoms with van der Waals surface area (Å²) in [4.78, 5) is 19.4. The molecule has 7 nitrogen and oxygen atoms in total. The molecule has 0 radical (unpaired) electrons. The number of aromatic nitrogens is 5. The molecule has 1 amide bonds. The minimum absolute atomic E-state index is 0.0570. The number of likely N-dealkylation sites (tertiary alicyclic amines) is 1. The van der Waals surface area contributed by atoms with E-state index >= 15 is 0 Å². The summed E-state index contributed by atoms with van der Waals surface area (Å²) >= 11 is 3.01. The van der Waals surface area contributed by atoms with Crippen molar-refractivity contribution in [2.24, 2.45) is 0 Å². The molecule has 0 N–H and O–H groups in total. The van der Waals surface area contributed by atoms with Gasteiger partial charge in [0.1, 0.15) is 5.82 Å². The first-order valence-electron chi connectivity index (χ1n) is 9.98. The van der Waals surface area contributed by atoms with Crippen molar-refractivity contribution in [3.05, 3.63) is 59.4 Å². The molecule has 158 valence electrons. The zero-order valence-corrected chi connectivity index (χ0v) is 18.2. The Bertz CT molecular complexity index is 1180. The summed E-state index contributed by atoms with van der Waals surface area (Å²) < 4.78 is 16.2. The lowest BCUT2D eigenvalue weighted by Crippen LogP contribution is -2.39. The minimum atomic E-state index is -0.365. The summed E-state index contributed by atoms with van der Waals surface area (Å²) in [5.41, 5.74) is 1.57. The van der Waals surface area contributed by atoms with Gasteiger partial charge in [0.05, 0.1) is 26.7 Å². The summed E-state index contributed by atoms with van der Waals surface area (Å²) in [5, 5.41) is 13.2. The van der Waals surface area contributed by atoms with Crippen LogP contribution in [0.2, 0.25) is 0 Å². The highest BCUT2D eigenvalue weighted by Gasteiger charge is 2.26. The van der Waals surface area contributed by atoms with Crippen molar-refractivity contribution in [2.75, 3.05) is 18.8 Å². The third-order valence-electron chi connectivity index (χ3n) is 5.33. The van der Waals surface area contributed by atoms with Crippen LogP contribution in [0.4, 0.5) is 4.39 Å². The second-order valence-corrected chi connectivity index (χ2v) is 9.32. The van der Waals surface area contributed by atoms with Crippen molar-refractivity contribution < 1.29 is 9.18 Å². The Balaban J connectivity index is 1.18. The van der Waals surface area contributed by atoms with Gasteiger partial charge in [-0.25, -0.2) is 9.37 Å². The van der Waals surface area contributed by atoms with Gasteiger partial charge in [-0.1, -0.05) is 30.0 Å².